The van der Waals surface area contributed by atoms with Crippen molar-refractivity contribution < 1.29 is 9.18 Å². The summed E-state index contributed by atoms with van der Waals surface area (Å²) in [5.74, 6) is 0.665. The number of rotatable bonds is 8. The third-order valence-electron chi connectivity index (χ3n) is 6.98. The molecule has 3 aromatic carbocycles. The summed E-state index contributed by atoms with van der Waals surface area (Å²) in [4.78, 5) is 21.3. The van der Waals surface area contributed by atoms with Crippen LogP contribution < -0.4 is 0 Å². The summed E-state index contributed by atoms with van der Waals surface area (Å²) >= 11 is 0. The van der Waals surface area contributed by atoms with E-state index in [0.717, 1.165) is 41.9 Å². The van der Waals surface area contributed by atoms with Gasteiger partial charge in [-0.3, -0.25) is 9.69 Å². The Labute approximate surface area is 213 Å². The standard InChI is InChI=1S/C31H34FN3O/c1-4-24-16-11-17-29(32)28(24)21-35-19-18-30(27(20-35)22-36)33-23(2)34(3)31(25-12-7-5-8-13-25)26-14-9-6-10-15-26/h5-17,22,31H,4,18-21H2,1-3H3. The quantitative estimate of drug-likeness (QED) is 0.218. The molecule has 3 aromatic rings. The number of halogens is 1. The van der Waals surface area contributed by atoms with Crippen LogP contribution in [-0.2, 0) is 17.8 Å². The van der Waals surface area contributed by atoms with Crippen LogP contribution in [0.5, 0.6) is 0 Å². The molecule has 0 spiro atoms. The van der Waals surface area contributed by atoms with Gasteiger partial charge in [-0.2, -0.15) is 0 Å². The molecule has 0 N–H and O–H groups in total. The molecule has 1 aliphatic heterocycles. The molecule has 5 heteroatoms. The second-order valence-electron chi connectivity index (χ2n) is 9.28. The highest BCUT2D eigenvalue weighted by molar-refractivity contribution is 5.83. The molecular weight excluding hydrogens is 449 g/mol. The second kappa shape index (κ2) is 11.9. The van der Waals surface area contributed by atoms with Gasteiger partial charge in [0.1, 0.15) is 17.9 Å². The van der Waals surface area contributed by atoms with Gasteiger partial charge in [-0.05, 0) is 36.1 Å². The molecule has 36 heavy (non-hydrogen) atoms. The molecule has 0 saturated carbocycles. The van der Waals surface area contributed by atoms with Gasteiger partial charge in [0, 0.05) is 44.2 Å². The average molecular weight is 484 g/mol. The van der Waals surface area contributed by atoms with E-state index in [4.69, 9.17) is 4.99 Å². The minimum Gasteiger partial charge on any atom is -0.352 e. The lowest BCUT2D eigenvalue weighted by molar-refractivity contribution is -0.105. The maximum absolute atomic E-state index is 14.5. The smallest absolute Gasteiger partial charge is 0.149 e. The van der Waals surface area contributed by atoms with Gasteiger partial charge in [0.05, 0.1) is 11.7 Å². The zero-order valence-electron chi connectivity index (χ0n) is 21.3. The van der Waals surface area contributed by atoms with E-state index in [-0.39, 0.29) is 11.9 Å². The molecule has 0 radical (unpaired) electrons. The van der Waals surface area contributed by atoms with Gasteiger partial charge in [0.25, 0.3) is 0 Å². The SMILES string of the molecule is CCc1cccc(F)c1CN1CCC(N=C(C)N(C)C(c2ccccc2)c2ccccc2)=C(C=O)C1. The van der Waals surface area contributed by atoms with Gasteiger partial charge >= 0.3 is 0 Å². The van der Waals surface area contributed by atoms with Gasteiger partial charge in [0.15, 0.2) is 0 Å². The number of hydrogen-bond acceptors (Lipinski definition) is 3. The number of carbonyl (C=O) groups excluding carboxylic acids is 1. The van der Waals surface area contributed by atoms with E-state index in [0.29, 0.717) is 25.1 Å². The van der Waals surface area contributed by atoms with Gasteiger partial charge in [-0.15, -0.1) is 0 Å². The fourth-order valence-electron chi connectivity index (χ4n) is 4.91. The highest BCUT2D eigenvalue weighted by Crippen LogP contribution is 2.29. The Balaban J connectivity index is 1.58. The number of benzene rings is 3. The van der Waals surface area contributed by atoms with Crippen LogP contribution in [0.25, 0.3) is 0 Å². The largest absolute Gasteiger partial charge is 0.352 e. The molecule has 1 heterocycles. The normalized spacial score (nSPS) is 14.9. The Morgan fingerprint density at radius 3 is 2.25 bits per heavy atom. The second-order valence-corrected chi connectivity index (χ2v) is 9.28. The molecule has 0 unspecified atom stereocenters. The zero-order chi connectivity index (χ0) is 25.5. The topological polar surface area (TPSA) is 35.9 Å². The number of aldehydes is 1. The van der Waals surface area contributed by atoms with Gasteiger partial charge < -0.3 is 4.90 Å². The molecule has 4 rings (SSSR count). The van der Waals surface area contributed by atoms with Crippen LogP contribution in [0.3, 0.4) is 0 Å². The van der Waals surface area contributed by atoms with E-state index >= 15 is 0 Å². The molecule has 0 fully saturated rings. The molecule has 0 amide bonds. The molecule has 0 saturated heterocycles. The molecule has 0 bridgehead atoms. The Bertz CT molecular complexity index is 1200. The highest BCUT2D eigenvalue weighted by Gasteiger charge is 2.23. The molecule has 0 atom stereocenters. The molecule has 4 nitrogen and oxygen atoms in total. The van der Waals surface area contributed by atoms with Crippen LogP contribution in [0.2, 0.25) is 0 Å². The number of hydrogen-bond donors (Lipinski definition) is 0. The van der Waals surface area contributed by atoms with Crippen LogP contribution in [0.15, 0.2) is 95.1 Å². The van der Waals surface area contributed by atoms with Crippen molar-refractivity contribution in [1.29, 1.82) is 0 Å². The van der Waals surface area contributed by atoms with Crippen molar-refractivity contribution in [2.24, 2.45) is 4.99 Å². The number of aryl methyl sites for hydroxylation is 1. The van der Waals surface area contributed by atoms with Crippen molar-refractivity contribution in [1.82, 2.24) is 9.80 Å². The van der Waals surface area contributed by atoms with Crippen molar-refractivity contribution >= 4 is 12.1 Å². The first kappa shape index (κ1) is 25.5. The van der Waals surface area contributed by atoms with Gasteiger partial charge in [-0.1, -0.05) is 79.7 Å². The van der Waals surface area contributed by atoms with E-state index in [1.807, 2.05) is 63.4 Å². The Hall–Kier alpha value is -3.57. The highest BCUT2D eigenvalue weighted by atomic mass is 19.1. The predicted octanol–water partition coefficient (Wildman–Crippen LogP) is 6.19. The van der Waals surface area contributed by atoms with E-state index in [2.05, 4.69) is 34.1 Å². The van der Waals surface area contributed by atoms with Crippen LogP contribution in [0, 0.1) is 5.82 Å². The zero-order valence-corrected chi connectivity index (χ0v) is 21.3. The number of aliphatic imine (C=N–C) groups is 1. The lowest BCUT2D eigenvalue weighted by Gasteiger charge is -2.32. The third-order valence-corrected chi connectivity index (χ3v) is 6.98. The minimum atomic E-state index is -0.180. The number of carbonyl (C=O) groups is 1. The first-order valence-corrected chi connectivity index (χ1v) is 12.6. The first-order chi connectivity index (χ1) is 17.5. The van der Waals surface area contributed by atoms with Gasteiger partial charge in [0.2, 0.25) is 0 Å². The lowest BCUT2D eigenvalue weighted by Crippen LogP contribution is -2.33. The summed E-state index contributed by atoms with van der Waals surface area (Å²) in [5, 5.41) is 0. The van der Waals surface area contributed by atoms with Crippen molar-refractivity contribution in [3.63, 3.8) is 0 Å². The first-order valence-electron chi connectivity index (χ1n) is 12.6. The number of amidine groups is 1. The van der Waals surface area contributed by atoms with E-state index in [1.54, 1.807) is 6.07 Å². The monoisotopic (exact) mass is 483 g/mol. The molecule has 186 valence electrons. The van der Waals surface area contributed by atoms with E-state index in [9.17, 15) is 9.18 Å². The van der Waals surface area contributed by atoms with Gasteiger partial charge in [-0.25, -0.2) is 9.38 Å². The molecule has 0 aliphatic carbocycles. The summed E-state index contributed by atoms with van der Waals surface area (Å²) in [5.41, 5.74) is 5.57. The van der Waals surface area contributed by atoms with Crippen LogP contribution in [0.1, 0.15) is 48.6 Å². The predicted molar refractivity (Wildman–Crippen MR) is 144 cm³/mol. The molecule has 1 aliphatic rings. The summed E-state index contributed by atoms with van der Waals surface area (Å²) in [6.45, 7) is 5.72. The van der Waals surface area contributed by atoms with Crippen molar-refractivity contribution in [3.8, 4) is 0 Å². The van der Waals surface area contributed by atoms with E-state index < -0.39 is 0 Å². The van der Waals surface area contributed by atoms with E-state index in [1.165, 1.54) is 17.2 Å². The molecule has 0 aromatic heterocycles. The Morgan fingerprint density at radius 2 is 1.67 bits per heavy atom. The lowest BCUT2D eigenvalue weighted by atomic mass is 9.97. The van der Waals surface area contributed by atoms with Crippen LogP contribution in [0.4, 0.5) is 4.39 Å². The fraction of sp³-hybridized carbons (Fsp3) is 0.290. The minimum absolute atomic E-state index is 0.00467. The third kappa shape index (κ3) is 5.80. The van der Waals surface area contributed by atoms with Crippen LogP contribution in [-0.4, -0.2) is 42.1 Å². The fourth-order valence-corrected chi connectivity index (χ4v) is 4.91. The Kier molecular flexibility index (Phi) is 8.44. The maximum Gasteiger partial charge on any atom is 0.149 e. The van der Waals surface area contributed by atoms with Crippen molar-refractivity contribution in [3.05, 3.63) is 118 Å². The van der Waals surface area contributed by atoms with Crippen LogP contribution >= 0.6 is 0 Å². The Morgan fingerprint density at radius 1 is 1.03 bits per heavy atom. The van der Waals surface area contributed by atoms with Crippen molar-refractivity contribution in [2.75, 3.05) is 20.1 Å². The molecular formula is C31H34FN3O. The maximum atomic E-state index is 14.5. The van der Waals surface area contributed by atoms with Crippen molar-refractivity contribution in [2.45, 2.75) is 39.3 Å². The number of nitrogens with zero attached hydrogens (tertiary/aromatic N) is 3. The average Bonchev–Trinajstić information content (AvgIpc) is 2.91. The summed E-state index contributed by atoms with van der Waals surface area (Å²) in [6, 6.07) is 26.0. The summed E-state index contributed by atoms with van der Waals surface area (Å²) < 4.78 is 14.5. The summed E-state index contributed by atoms with van der Waals surface area (Å²) in [7, 11) is 2.05. The summed E-state index contributed by atoms with van der Waals surface area (Å²) in [6.07, 6.45) is 2.34.